The fourth-order valence-electron chi connectivity index (χ4n) is 1.19. The van der Waals surface area contributed by atoms with Gasteiger partial charge in [-0.15, -0.1) is 0 Å². The number of ether oxygens (including phenoxy) is 4. The van der Waals surface area contributed by atoms with E-state index in [0.717, 1.165) is 0 Å². The van der Waals surface area contributed by atoms with Crippen LogP contribution in [0, 0.1) is 0 Å². The van der Waals surface area contributed by atoms with Gasteiger partial charge in [-0.05, 0) is 13.8 Å². The zero-order valence-electron chi connectivity index (χ0n) is 14.6. The maximum atomic E-state index is 11.4. The fourth-order valence-corrected chi connectivity index (χ4v) is 1.19. The van der Waals surface area contributed by atoms with Crippen molar-refractivity contribution in [3.05, 3.63) is 24.3 Å². The number of carbonyl (C=O) groups is 4. The second-order valence-corrected chi connectivity index (χ2v) is 5.15. The molecular weight excluding hydrogens is 352 g/mol. The summed E-state index contributed by atoms with van der Waals surface area (Å²) in [6.45, 7) is 8.16. The third kappa shape index (κ3) is 10.9. The Bertz CT molecular complexity index is 515. The molecule has 2 unspecified atom stereocenters. The minimum Gasteiger partial charge on any atom is -0.459 e. The lowest BCUT2D eigenvalue weighted by Crippen LogP contribution is -2.26. The summed E-state index contributed by atoms with van der Waals surface area (Å²) in [7, 11) is 0. The molecule has 146 valence electrons. The highest BCUT2D eigenvalue weighted by molar-refractivity contribution is 5.87. The molecule has 0 fully saturated rings. The van der Waals surface area contributed by atoms with E-state index in [-0.39, 0.29) is 24.0 Å². The molecule has 0 radical (unpaired) electrons. The molecule has 0 spiro atoms. The van der Waals surface area contributed by atoms with Crippen LogP contribution in [0.4, 0.5) is 0 Å². The third-order valence-corrected chi connectivity index (χ3v) is 2.49. The van der Waals surface area contributed by atoms with E-state index in [9.17, 15) is 29.4 Å². The molecule has 26 heavy (non-hydrogen) atoms. The molecule has 0 aromatic carbocycles. The van der Waals surface area contributed by atoms with E-state index in [0.29, 0.717) is 0 Å². The van der Waals surface area contributed by atoms with E-state index in [1.54, 1.807) is 0 Å². The van der Waals surface area contributed by atoms with Crippen molar-refractivity contribution in [2.24, 2.45) is 0 Å². The zero-order chi connectivity index (χ0) is 20.3. The molecular formula is C16H22O10. The van der Waals surface area contributed by atoms with Gasteiger partial charge in [0.05, 0.1) is 12.8 Å². The van der Waals surface area contributed by atoms with Gasteiger partial charge in [0, 0.05) is 11.1 Å². The minimum atomic E-state index is -1.66. The number of esters is 4. The zero-order valence-corrected chi connectivity index (χ0v) is 14.6. The first-order chi connectivity index (χ1) is 12.0. The van der Waals surface area contributed by atoms with E-state index in [4.69, 9.17) is 0 Å². The van der Waals surface area contributed by atoms with Crippen LogP contribution in [0.1, 0.15) is 26.7 Å². The summed E-state index contributed by atoms with van der Waals surface area (Å²) in [5.41, 5.74) is 0.128. The quantitative estimate of drug-likeness (QED) is 0.214. The van der Waals surface area contributed by atoms with E-state index < -0.39 is 49.7 Å². The molecule has 0 aliphatic carbocycles. The average Bonchev–Trinajstić information content (AvgIpc) is 2.55. The number of aliphatic hydroxyl groups is 2. The molecule has 10 nitrogen and oxygen atoms in total. The average molecular weight is 374 g/mol. The van der Waals surface area contributed by atoms with Crippen molar-refractivity contribution in [3.8, 4) is 0 Å². The molecule has 0 saturated heterocycles. The lowest BCUT2D eigenvalue weighted by Gasteiger charge is -2.13. The van der Waals surface area contributed by atoms with E-state index >= 15 is 0 Å². The van der Waals surface area contributed by atoms with Crippen LogP contribution in [-0.4, -0.2) is 59.9 Å². The number of rotatable bonds is 11. The molecule has 0 rings (SSSR count). The molecule has 0 heterocycles. The Morgan fingerprint density at radius 2 is 1.08 bits per heavy atom. The van der Waals surface area contributed by atoms with Crippen molar-refractivity contribution in [1.82, 2.24) is 0 Å². The largest absolute Gasteiger partial charge is 0.459 e. The fraction of sp³-hybridized carbons (Fsp3) is 0.500. The highest BCUT2D eigenvalue weighted by atomic mass is 16.7. The highest BCUT2D eigenvalue weighted by Crippen LogP contribution is 2.02. The number of hydrogen-bond acceptors (Lipinski definition) is 10. The van der Waals surface area contributed by atoms with Gasteiger partial charge >= 0.3 is 23.9 Å². The Morgan fingerprint density at radius 1 is 0.769 bits per heavy atom. The normalized spacial score (nSPS) is 12.3. The van der Waals surface area contributed by atoms with Crippen molar-refractivity contribution >= 4 is 23.9 Å². The summed E-state index contributed by atoms with van der Waals surface area (Å²) in [5, 5.41) is 18.6. The van der Waals surface area contributed by atoms with Crippen LogP contribution in [0.3, 0.4) is 0 Å². The molecule has 0 amide bonds. The number of carbonyl (C=O) groups excluding carboxylic acids is 4. The third-order valence-electron chi connectivity index (χ3n) is 2.49. The summed E-state index contributed by atoms with van der Waals surface area (Å²) in [4.78, 5) is 45.0. The Morgan fingerprint density at radius 3 is 1.35 bits per heavy atom. The molecule has 0 aromatic heterocycles. The first-order valence-corrected chi connectivity index (χ1v) is 7.43. The maximum absolute atomic E-state index is 11.4. The van der Waals surface area contributed by atoms with Crippen LogP contribution in [0.5, 0.6) is 0 Å². The van der Waals surface area contributed by atoms with Crippen LogP contribution < -0.4 is 0 Å². The van der Waals surface area contributed by atoms with Gasteiger partial charge in [-0.3, -0.25) is 9.59 Å². The molecule has 2 atom stereocenters. The van der Waals surface area contributed by atoms with Gasteiger partial charge in [-0.25, -0.2) is 9.59 Å². The molecule has 0 saturated carbocycles. The standard InChI is InChI=1S/C16H22O10/c1-9(2)15(21)25-13(19)7-23-11(17)5-6-12(18)24-8-14(20)26-16(22)10(3)4/h13-14,19-20H,1,3,5-8H2,2,4H3. The van der Waals surface area contributed by atoms with Crippen molar-refractivity contribution in [1.29, 1.82) is 0 Å². The summed E-state index contributed by atoms with van der Waals surface area (Å²) in [6, 6.07) is 0. The predicted molar refractivity (Wildman–Crippen MR) is 85.0 cm³/mol. The highest BCUT2D eigenvalue weighted by Gasteiger charge is 2.17. The molecule has 0 aromatic rings. The molecule has 2 N–H and O–H groups in total. The van der Waals surface area contributed by atoms with Gasteiger partial charge < -0.3 is 29.2 Å². The van der Waals surface area contributed by atoms with Crippen molar-refractivity contribution < 1.29 is 48.3 Å². The predicted octanol–water partition coefficient (Wildman–Crippen LogP) is -0.272. The first-order valence-electron chi connectivity index (χ1n) is 7.43. The SMILES string of the molecule is C=C(C)C(=O)OC(O)COC(=O)CCC(=O)OCC(O)OC(=O)C(=C)C. The van der Waals surface area contributed by atoms with Crippen LogP contribution in [0.15, 0.2) is 24.3 Å². The van der Waals surface area contributed by atoms with Gasteiger partial charge in [0.2, 0.25) is 12.6 Å². The van der Waals surface area contributed by atoms with Crippen LogP contribution in [-0.2, 0) is 38.1 Å². The number of hydrogen-bond donors (Lipinski definition) is 2. The van der Waals surface area contributed by atoms with E-state index in [1.807, 2.05) is 0 Å². The van der Waals surface area contributed by atoms with Gasteiger partial charge in [0.15, 0.2) is 13.2 Å². The van der Waals surface area contributed by atoms with Crippen LogP contribution >= 0.6 is 0 Å². The van der Waals surface area contributed by atoms with E-state index in [1.165, 1.54) is 13.8 Å². The summed E-state index contributed by atoms with van der Waals surface area (Å²) in [5.74, 6) is -3.38. The lowest BCUT2D eigenvalue weighted by atomic mass is 10.3. The Hall–Kier alpha value is -2.72. The van der Waals surface area contributed by atoms with E-state index in [2.05, 4.69) is 32.1 Å². The number of aliphatic hydroxyl groups excluding tert-OH is 2. The molecule has 0 bridgehead atoms. The second-order valence-electron chi connectivity index (χ2n) is 5.15. The van der Waals surface area contributed by atoms with Gasteiger partial charge in [0.25, 0.3) is 0 Å². The second kappa shape index (κ2) is 11.8. The van der Waals surface area contributed by atoms with Crippen molar-refractivity contribution in [3.63, 3.8) is 0 Å². The van der Waals surface area contributed by atoms with Crippen molar-refractivity contribution in [2.75, 3.05) is 13.2 Å². The smallest absolute Gasteiger partial charge is 0.335 e. The van der Waals surface area contributed by atoms with Crippen molar-refractivity contribution in [2.45, 2.75) is 39.3 Å². The van der Waals surface area contributed by atoms with Gasteiger partial charge in [-0.2, -0.15) is 0 Å². The summed E-state index contributed by atoms with van der Waals surface area (Å²) < 4.78 is 18.2. The Balaban J connectivity index is 3.96. The van der Waals surface area contributed by atoms with Crippen LogP contribution in [0.2, 0.25) is 0 Å². The molecule has 0 aliphatic rings. The monoisotopic (exact) mass is 374 g/mol. The van der Waals surface area contributed by atoms with Crippen LogP contribution in [0.25, 0.3) is 0 Å². The van der Waals surface area contributed by atoms with Gasteiger partial charge in [-0.1, -0.05) is 13.2 Å². The Kier molecular flexibility index (Phi) is 10.5. The minimum absolute atomic E-state index is 0.0641. The topological polar surface area (TPSA) is 146 Å². The Labute approximate surface area is 150 Å². The molecule has 0 aliphatic heterocycles. The molecule has 10 heteroatoms. The first kappa shape index (κ1) is 23.3. The summed E-state index contributed by atoms with van der Waals surface area (Å²) in [6.07, 6.45) is -4.06. The maximum Gasteiger partial charge on any atom is 0.335 e. The lowest BCUT2D eigenvalue weighted by molar-refractivity contribution is -0.180. The van der Waals surface area contributed by atoms with Gasteiger partial charge in [0.1, 0.15) is 0 Å². The summed E-state index contributed by atoms with van der Waals surface area (Å²) >= 11 is 0.